The molecule has 0 saturated carbocycles. The molecule has 0 spiro atoms. The quantitative estimate of drug-likeness (QED) is 0.682. The molecular weight excluding hydrogens is 330 g/mol. The van der Waals surface area contributed by atoms with Gasteiger partial charge in [0.05, 0.1) is 17.6 Å². The van der Waals surface area contributed by atoms with Gasteiger partial charge in [-0.05, 0) is 54.5 Å². The fourth-order valence-electron chi connectivity index (χ4n) is 4.42. The van der Waals surface area contributed by atoms with Gasteiger partial charge in [-0.25, -0.2) is 4.68 Å². The van der Waals surface area contributed by atoms with Gasteiger partial charge in [0, 0.05) is 25.2 Å². The normalized spacial score (nSPS) is 18.3. The molecule has 2 aromatic carbocycles. The van der Waals surface area contributed by atoms with Gasteiger partial charge in [-0.3, -0.25) is 4.90 Å². The lowest BCUT2D eigenvalue weighted by Crippen LogP contribution is -2.30. The molecule has 27 heavy (non-hydrogen) atoms. The first-order valence-electron chi connectivity index (χ1n) is 9.99. The zero-order valence-corrected chi connectivity index (χ0v) is 15.6. The Kier molecular flexibility index (Phi) is 4.38. The zero-order chi connectivity index (χ0) is 18.1. The van der Waals surface area contributed by atoms with Gasteiger partial charge in [0.25, 0.3) is 0 Å². The van der Waals surface area contributed by atoms with Crippen LogP contribution in [0.4, 0.5) is 0 Å². The number of fused-ring (bicyclic) bond motifs is 2. The number of rotatable bonds is 3. The van der Waals surface area contributed by atoms with Crippen molar-refractivity contribution in [3.8, 4) is 5.69 Å². The van der Waals surface area contributed by atoms with Gasteiger partial charge in [0.2, 0.25) is 0 Å². The molecule has 1 aliphatic carbocycles. The predicted octanol–water partition coefficient (Wildman–Crippen LogP) is 4.65. The topological polar surface area (TPSA) is 21.1 Å². The van der Waals surface area contributed by atoms with E-state index in [-0.39, 0.29) is 0 Å². The number of aromatic nitrogens is 2. The molecule has 136 valence electrons. The first kappa shape index (κ1) is 16.5. The molecule has 3 nitrogen and oxygen atoms in total. The van der Waals surface area contributed by atoms with Crippen molar-refractivity contribution in [2.24, 2.45) is 0 Å². The van der Waals surface area contributed by atoms with E-state index in [4.69, 9.17) is 5.10 Å². The summed E-state index contributed by atoms with van der Waals surface area (Å²) in [7, 11) is 0. The van der Waals surface area contributed by atoms with Crippen molar-refractivity contribution in [3.05, 3.63) is 89.3 Å². The van der Waals surface area contributed by atoms with Crippen LogP contribution in [0.3, 0.4) is 0 Å². The molecule has 0 N–H and O–H groups in total. The number of allylic oxidation sites excluding steroid dienone is 1. The minimum absolute atomic E-state index is 1.03. The lowest BCUT2D eigenvalue weighted by atomic mass is 9.92. The Balaban J connectivity index is 1.36. The van der Waals surface area contributed by atoms with Crippen LogP contribution in [0, 0.1) is 0 Å². The highest BCUT2D eigenvalue weighted by Crippen LogP contribution is 2.32. The number of hydrogen-bond donors (Lipinski definition) is 0. The van der Waals surface area contributed by atoms with Crippen LogP contribution >= 0.6 is 0 Å². The molecule has 1 aromatic heterocycles. The van der Waals surface area contributed by atoms with Crippen LogP contribution in [0.2, 0.25) is 0 Å². The average Bonchev–Trinajstić information content (AvgIpc) is 3.17. The van der Waals surface area contributed by atoms with E-state index in [1.165, 1.54) is 34.4 Å². The summed E-state index contributed by atoms with van der Waals surface area (Å²) in [5.41, 5.74) is 8.35. The van der Waals surface area contributed by atoms with Crippen LogP contribution in [0.15, 0.2) is 66.9 Å². The summed E-state index contributed by atoms with van der Waals surface area (Å²) >= 11 is 0. The smallest absolute Gasteiger partial charge is 0.0649 e. The number of hydrogen-bond acceptors (Lipinski definition) is 2. The van der Waals surface area contributed by atoms with Crippen molar-refractivity contribution in [1.29, 1.82) is 0 Å². The Morgan fingerprint density at radius 2 is 1.70 bits per heavy atom. The number of nitrogens with zero attached hydrogens (tertiary/aromatic N) is 3. The molecule has 0 unspecified atom stereocenters. The Morgan fingerprint density at radius 3 is 2.59 bits per heavy atom. The second-order valence-electron chi connectivity index (χ2n) is 7.59. The van der Waals surface area contributed by atoms with E-state index >= 15 is 0 Å². The fraction of sp³-hybridized carbons (Fsp3) is 0.292. The summed E-state index contributed by atoms with van der Waals surface area (Å²) in [5, 5.41) is 4.71. The van der Waals surface area contributed by atoms with Gasteiger partial charge in [-0.2, -0.15) is 5.10 Å². The zero-order valence-electron chi connectivity index (χ0n) is 15.6. The summed E-state index contributed by atoms with van der Waals surface area (Å²) in [5.74, 6) is 0. The second kappa shape index (κ2) is 7.16. The highest BCUT2D eigenvalue weighted by atomic mass is 15.3. The Labute approximate surface area is 160 Å². The van der Waals surface area contributed by atoms with E-state index in [2.05, 4.69) is 76.5 Å². The average molecular weight is 355 g/mol. The Bertz CT molecular complexity index is 968. The third-order valence-electron chi connectivity index (χ3n) is 5.88. The lowest BCUT2D eigenvalue weighted by molar-refractivity contribution is 0.282. The van der Waals surface area contributed by atoms with Crippen molar-refractivity contribution in [2.75, 3.05) is 13.1 Å². The van der Waals surface area contributed by atoms with Gasteiger partial charge < -0.3 is 0 Å². The molecule has 1 aliphatic heterocycles. The van der Waals surface area contributed by atoms with E-state index in [0.29, 0.717) is 0 Å². The van der Waals surface area contributed by atoms with Crippen molar-refractivity contribution >= 4 is 5.57 Å². The molecule has 2 heterocycles. The summed E-state index contributed by atoms with van der Waals surface area (Å²) in [6.07, 6.45) is 9.16. The van der Waals surface area contributed by atoms with Crippen LogP contribution in [0.1, 0.15) is 35.2 Å². The van der Waals surface area contributed by atoms with Gasteiger partial charge in [-0.1, -0.05) is 48.5 Å². The van der Waals surface area contributed by atoms with Crippen LogP contribution in [0.5, 0.6) is 0 Å². The standard InChI is InChI=1S/C24H25N3/c1-2-10-22(11-3-1)27-24-12-6-9-20(23(24)17-25-27)14-16-26-15-13-19-7-4-5-8-21(19)18-26/h1-5,7-8,10-11,14,17H,6,9,12-13,15-16,18H2/b20-14-. The summed E-state index contributed by atoms with van der Waals surface area (Å²) in [6, 6.07) is 19.4. The van der Waals surface area contributed by atoms with Gasteiger partial charge in [0.1, 0.15) is 0 Å². The molecule has 0 bridgehead atoms. The van der Waals surface area contributed by atoms with Crippen LogP contribution in [-0.4, -0.2) is 27.8 Å². The van der Waals surface area contributed by atoms with Crippen molar-refractivity contribution < 1.29 is 0 Å². The molecule has 0 fully saturated rings. The van der Waals surface area contributed by atoms with E-state index in [9.17, 15) is 0 Å². The SMILES string of the molecule is C(/CN1CCc2ccccc2C1)=C1\CCCc2c1cnn2-c1ccccc1. The largest absolute Gasteiger partial charge is 0.295 e. The fourth-order valence-corrected chi connectivity index (χ4v) is 4.42. The third-order valence-corrected chi connectivity index (χ3v) is 5.88. The second-order valence-corrected chi connectivity index (χ2v) is 7.59. The van der Waals surface area contributed by atoms with Crippen LogP contribution < -0.4 is 0 Å². The van der Waals surface area contributed by atoms with Gasteiger partial charge in [0.15, 0.2) is 0 Å². The minimum Gasteiger partial charge on any atom is -0.295 e. The maximum atomic E-state index is 4.71. The number of para-hydroxylation sites is 1. The van der Waals surface area contributed by atoms with Crippen molar-refractivity contribution in [2.45, 2.75) is 32.2 Å². The lowest BCUT2D eigenvalue weighted by Gasteiger charge is -2.28. The Morgan fingerprint density at radius 1 is 0.889 bits per heavy atom. The minimum atomic E-state index is 1.03. The molecule has 0 atom stereocenters. The summed E-state index contributed by atoms with van der Waals surface area (Å²) < 4.78 is 2.12. The predicted molar refractivity (Wildman–Crippen MR) is 110 cm³/mol. The first-order chi connectivity index (χ1) is 13.4. The number of benzene rings is 2. The van der Waals surface area contributed by atoms with E-state index < -0.39 is 0 Å². The Hall–Kier alpha value is -2.65. The van der Waals surface area contributed by atoms with E-state index in [1.807, 2.05) is 0 Å². The first-order valence-corrected chi connectivity index (χ1v) is 9.99. The van der Waals surface area contributed by atoms with E-state index in [0.717, 1.165) is 44.6 Å². The highest BCUT2D eigenvalue weighted by Gasteiger charge is 2.21. The molecule has 0 radical (unpaired) electrons. The molecule has 0 saturated heterocycles. The molecule has 3 aromatic rings. The third kappa shape index (κ3) is 3.24. The van der Waals surface area contributed by atoms with Crippen molar-refractivity contribution in [3.63, 3.8) is 0 Å². The molecule has 2 aliphatic rings. The van der Waals surface area contributed by atoms with E-state index in [1.54, 1.807) is 0 Å². The molecule has 5 rings (SSSR count). The maximum absolute atomic E-state index is 4.71. The summed E-state index contributed by atoms with van der Waals surface area (Å²) in [6.45, 7) is 3.24. The monoisotopic (exact) mass is 355 g/mol. The molecule has 3 heteroatoms. The summed E-state index contributed by atoms with van der Waals surface area (Å²) in [4.78, 5) is 2.56. The highest BCUT2D eigenvalue weighted by molar-refractivity contribution is 5.69. The molecular formula is C24H25N3. The maximum Gasteiger partial charge on any atom is 0.0649 e. The van der Waals surface area contributed by atoms with Crippen LogP contribution in [0.25, 0.3) is 11.3 Å². The van der Waals surface area contributed by atoms with Gasteiger partial charge >= 0.3 is 0 Å². The van der Waals surface area contributed by atoms with Crippen molar-refractivity contribution in [1.82, 2.24) is 14.7 Å². The molecule has 0 amide bonds. The van der Waals surface area contributed by atoms with Gasteiger partial charge in [-0.15, -0.1) is 0 Å². The van der Waals surface area contributed by atoms with Crippen LogP contribution in [-0.2, 0) is 19.4 Å².